The molecular formula is C16H13ClN2OS. The van der Waals surface area contributed by atoms with Gasteiger partial charge in [0, 0.05) is 22.7 Å². The van der Waals surface area contributed by atoms with E-state index in [1.165, 1.54) is 11.8 Å². The number of amides is 1. The number of nitrogens with one attached hydrogen (secondary N) is 2. The van der Waals surface area contributed by atoms with Crippen LogP contribution in [0.4, 0.5) is 5.69 Å². The minimum Gasteiger partial charge on any atom is -0.386 e. The van der Waals surface area contributed by atoms with E-state index >= 15 is 0 Å². The molecular weight excluding hydrogens is 304 g/mol. The zero-order valence-corrected chi connectivity index (χ0v) is 12.7. The molecule has 0 aromatic heterocycles. The summed E-state index contributed by atoms with van der Waals surface area (Å²) >= 11 is 7.31. The second kappa shape index (κ2) is 6.24. The first-order valence-electron chi connectivity index (χ1n) is 6.48. The topological polar surface area (TPSA) is 41.1 Å². The Morgan fingerprint density at radius 3 is 2.71 bits per heavy atom. The van der Waals surface area contributed by atoms with Crippen LogP contribution in [-0.4, -0.2) is 5.91 Å². The van der Waals surface area contributed by atoms with Crippen molar-refractivity contribution in [3.63, 3.8) is 0 Å². The van der Waals surface area contributed by atoms with Gasteiger partial charge in [0.05, 0.1) is 10.6 Å². The van der Waals surface area contributed by atoms with Crippen LogP contribution in [0.3, 0.4) is 0 Å². The average molecular weight is 317 g/mol. The van der Waals surface area contributed by atoms with Crippen molar-refractivity contribution in [3.8, 4) is 0 Å². The van der Waals surface area contributed by atoms with Gasteiger partial charge in [-0.05, 0) is 29.8 Å². The summed E-state index contributed by atoms with van der Waals surface area (Å²) in [5.74, 6) is -0.0812. The van der Waals surface area contributed by atoms with Gasteiger partial charge in [-0.3, -0.25) is 4.79 Å². The van der Waals surface area contributed by atoms with Gasteiger partial charge in [-0.2, -0.15) is 0 Å². The van der Waals surface area contributed by atoms with Crippen LogP contribution in [0.25, 0.3) is 0 Å². The Hall–Kier alpha value is -1.91. The van der Waals surface area contributed by atoms with E-state index in [4.69, 9.17) is 11.6 Å². The molecule has 1 amide bonds. The Labute approximate surface area is 132 Å². The molecule has 0 aliphatic carbocycles. The quantitative estimate of drug-likeness (QED) is 0.840. The third-order valence-electron chi connectivity index (χ3n) is 3.03. The minimum absolute atomic E-state index is 0.0812. The number of hydrogen-bond donors (Lipinski definition) is 2. The van der Waals surface area contributed by atoms with Crippen molar-refractivity contribution in [2.24, 2.45) is 0 Å². The summed E-state index contributed by atoms with van der Waals surface area (Å²) in [6.07, 6.45) is 1.75. The maximum absolute atomic E-state index is 12.0. The fraction of sp³-hybridized carbons (Fsp3) is 0.0625. The Morgan fingerprint density at radius 2 is 1.90 bits per heavy atom. The Bertz CT molecular complexity index is 698. The molecule has 3 nitrogen and oxygen atoms in total. The molecule has 0 spiro atoms. The van der Waals surface area contributed by atoms with Crippen molar-refractivity contribution in [1.29, 1.82) is 0 Å². The first-order valence-corrected chi connectivity index (χ1v) is 7.68. The number of anilines is 1. The summed E-state index contributed by atoms with van der Waals surface area (Å²) < 4.78 is 0. The van der Waals surface area contributed by atoms with Crippen LogP contribution in [0, 0.1) is 0 Å². The molecule has 1 aliphatic rings. The number of rotatable bonds is 3. The summed E-state index contributed by atoms with van der Waals surface area (Å²) in [4.78, 5) is 13.7. The third-order valence-corrected chi connectivity index (χ3v) is 4.38. The van der Waals surface area contributed by atoms with Crippen LogP contribution in [0.15, 0.2) is 64.5 Å². The minimum atomic E-state index is -0.0812. The fourth-order valence-corrected chi connectivity index (χ4v) is 2.99. The Morgan fingerprint density at radius 1 is 1.14 bits per heavy atom. The van der Waals surface area contributed by atoms with Gasteiger partial charge in [-0.1, -0.05) is 47.6 Å². The van der Waals surface area contributed by atoms with E-state index in [-0.39, 0.29) is 5.91 Å². The predicted molar refractivity (Wildman–Crippen MR) is 87.3 cm³/mol. The number of halogens is 1. The van der Waals surface area contributed by atoms with Gasteiger partial charge in [-0.25, -0.2) is 0 Å². The number of benzene rings is 2. The van der Waals surface area contributed by atoms with Gasteiger partial charge >= 0.3 is 0 Å². The van der Waals surface area contributed by atoms with E-state index in [1.807, 2.05) is 48.5 Å². The molecule has 0 saturated heterocycles. The number of thioether (sulfide) groups is 1. The van der Waals surface area contributed by atoms with Crippen molar-refractivity contribution >= 4 is 35.0 Å². The molecule has 21 heavy (non-hydrogen) atoms. The van der Waals surface area contributed by atoms with E-state index in [0.717, 1.165) is 21.2 Å². The SMILES string of the molecule is O=C1Nc2ccccc2SC1=CNCc1ccc(Cl)cc1. The smallest absolute Gasteiger partial charge is 0.263 e. The maximum Gasteiger partial charge on any atom is 0.263 e. The molecule has 2 aromatic rings. The summed E-state index contributed by atoms with van der Waals surface area (Å²) in [5, 5.41) is 6.76. The molecule has 106 valence electrons. The molecule has 5 heteroatoms. The Balaban J connectivity index is 1.67. The number of carbonyl (C=O) groups is 1. The first kappa shape index (κ1) is 14.0. The van der Waals surface area contributed by atoms with Crippen molar-refractivity contribution in [2.45, 2.75) is 11.4 Å². The number of hydrogen-bond acceptors (Lipinski definition) is 3. The van der Waals surface area contributed by atoms with Crippen LogP contribution in [0.5, 0.6) is 0 Å². The largest absolute Gasteiger partial charge is 0.386 e. The fourth-order valence-electron chi connectivity index (χ4n) is 1.97. The van der Waals surface area contributed by atoms with Crippen molar-refractivity contribution in [3.05, 3.63) is 70.2 Å². The van der Waals surface area contributed by atoms with E-state index < -0.39 is 0 Å². The van der Waals surface area contributed by atoms with Crippen molar-refractivity contribution in [2.75, 3.05) is 5.32 Å². The monoisotopic (exact) mass is 316 g/mol. The zero-order valence-electron chi connectivity index (χ0n) is 11.1. The molecule has 0 fully saturated rings. The van der Waals surface area contributed by atoms with E-state index in [9.17, 15) is 4.79 Å². The van der Waals surface area contributed by atoms with Gasteiger partial charge < -0.3 is 10.6 Å². The van der Waals surface area contributed by atoms with Crippen LogP contribution in [0.2, 0.25) is 5.02 Å². The lowest BCUT2D eigenvalue weighted by atomic mass is 10.2. The predicted octanol–water partition coefficient (Wildman–Crippen LogP) is 4.02. The molecule has 0 bridgehead atoms. The number of para-hydroxylation sites is 1. The van der Waals surface area contributed by atoms with E-state index in [2.05, 4.69) is 10.6 Å². The summed E-state index contributed by atoms with van der Waals surface area (Å²) in [5.41, 5.74) is 1.97. The van der Waals surface area contributed by atoms with Crippen molar-refractivity contribution in [1.82, 2.24) is 5.32 Å². The van der Waals surface area contributed by atoms with Gasteiger partial charge in [0.1, 0.15) is 0 Å². The highest BCUT2D eigenvalue weighted by molar-refractivity contribution is 8.04. The molecule has 0 saturated carbocycles. The van der Waals surface area contributed by atoms with Gasteiger partial charge in [0.15, 0.2) is 0 Å². The second-order valence-electron chi connectivity index (χ2n) is 4.57. The molecule has 0 unspecified atom stereocenters. The highest BCUT2D eigenvalue weighted by Gasteiger charge is 2.20. The standard InChI is InChI=1S/C16H13ClN2OS/c17-12-7-5-11(6-8-12)9-18-10-15-16(20)19-13-3-1-2-4-14(13)21-15/h1-8,10,18H,9H2,(H,19,20). The highest BCUT2D eigenvalue weighted by atomic mass is 35.5. The second-order valence-corrected chi connectivity index (χ2v) is 6.09. The van der Waals surface area contributed by atoms with E-state index in [0.29, 0.717) is 11.4 Å². The maximum atomic E-state index is 12.0. The number of fused-ring (bicyclic) bond motifs is 1. The summed E-state index contributed by atoms with van der Waals surface area (Å²) in [6.45, 7) is 0.649. The van der Waals surface area contributed by atoms with Crippen LogP contribution < -0.4 is 10.6 Å². The number of carbonyl (C=O) groups excluding carboxylic acids is 1. The molecule has 2 aromatic carbocycles. The van der Waals surface area contributed by atoms with Gasteiger partial charge in [0.25, 0.3) is 5.91 Å². The zero-order chi connectivity index (χ0) is 14.7. The van der Waals surface area contributed by atoms with Gasteiger partial charge in [0.2, 0.25) is 0 Å². The third kappa shape index (κ3) is 3.40. The molecule has 1 aliphatic heterocycles. The molecule has 3 rings (SSSR count). The summed E-state index contributed by atoms with van der Waals surface area (Å²) in [6, 6.07) is 15.4. The summed E-state index contributed by atoms with van der Waals surface area (Å²) in [7, 11) is 0. The highest BCUT2D eigenvalue weighted by Crippen LogP contribution is 2.37. The van der Waals surface area contributed by atoms with E-state index in [1.54, 1.807) is 6.20 Å². The lowest BCUT2D eigenvalue weighted by Crippen LogP contribution is -2.19. The van der Waals surface area contributed by atoms with Crippen LogP contribution in [-0.2, 0) is 11.3 Å². The molecule has 0 radical (unpaired) electrons. The molecule has 1 heterocycles. The van der Waals surface area contributed by atoms with Crippen molar-refractivity contribution < 1.29 is 4.79 Å². The average Bonchev–Trinajstić information content (AvgIpc) is 2.50. The van der Waals surface area contributed by atoms with Crippen LogP contribution in [0.1, 0.15) is 5.56 Å². The first-order chi connectivity index (χ1) is 10.2. The molecule has 2 N–H and O–H groups in total. The lowest BCUT2D eigenvalue weighted by molar-refractivity contribution is -0.112. The Kier molecular flexibility index (Phi) is 4.18. The van der Waals surface area contributed by atoms with Gasteiger partial charge in [-0.15, -0.1) is 0 Å². The normalized spacial score (nSPS) is 15.5. The molecule has 0 atom stereocenters. The lowest BCUT2D eigenvalue weighted by Gasteiger charge is -2.18. The van der Waals surface area contributed by atoms with Crippen LogP contribution >= 0.6 is 23.4 Å².